The summed E-state index contributed by atoms with van der Waals surface area (Å²) in [4.78, 5) is 17.1. The Morgan fingerprint density at radius 2 is 1.91 bits per heavy atom. The molecule has 4 aromatic rings. The molecule has 32 heavy (non-hydrogen) atoms. The number of H-pyrrole nitrogens is 2. The third kappa shape index (κ3) is 4.36. The van der Waals surface area contributed by atoms with Gasteiger partial charge in [0.15, 0.2) is 5.82 Å². The Morgan fingerprint density at radius 3 is 2.69 bits per heavy atom. The molecule has 0 unspecified atom stereocenters. The highest BCUT2D eigenvalue weighted by Gasteiger charge is 2.18. The zero-order valence-electron chi connectivity index (χ0n) is 18.1. The second-order valence-electron chi connectivity index (χ2n) is 8.05. The summed E-state index contributed by atoms with van der Waals surface area (Å²) in [6, 6.07) is 11.8. The Balaban J connectivity index is 1.45. The zero-order chi connectivity index (χ0) is 22.1. The van der Waals surface area contributed by atoms with Gasteiger partial charge in [0.25, 0.3) is 0 Å². The topological polar surface area (TPSA) is 118 Å². The SMILES string of the molecule is Cc1cc2cc(Oc3nc(Nc4cc(CO)[nH]n4)cc(N4CCN(C)CC4)n3)ccc2[nH]1. The van der Waals surface area contributed by atoms with Crippen molar-refractivity contribution < 1.29 is 9.84 Å². The van der Waals surface area contributed by atoms with Gasteiger partial charge < -0.3 is 29.9 Å². The van der Waals surface area contributed by atoms with Crippen molar-refractivity contribution in [1.82, 2.24) is 30.0 Å². The number of aromatic nitrogens is 5. The number of nitrogens with zero attached hydrogens (tertiary/aromatic N) is 5. The molecule has 5 rings (SSSR count). The lowest BCUT2D eigenvalue weighted by Gasteiger charge is -2.33. The first kappa shape index (κ1) is 20.3. The van der Waals surface area contributed by atoms with Crippen LogP contribution in [0.2, 0.25) is 0 Å². The maximum absolute atomic E-state index is 9.28. The summed E-state index contributed by atoms with van der Waals surface area (Å²) in [6.45, 7) is 5.59. The Hall–Kier alpha value is -3.63. The van der Waals surface area contributed by atoms with Gasteiger partial charge in [0.1, 0.15) is 17.4 Å². The number of aliphatic hydroxyl groups is 1. The van der Waals surface area contributed by atoms with Crippen LogP contribution in [0.4, 0.5) is 17.5 Å². The lowest BCUT2D eigenvalue weighted by atomic mass is 10.2. The second kappa shape index (κ2) is 8.48. The van der Waals surface area contributed by atoms with Crippen LogP contribution in [0.1, 0.15) is 11.4 Å². The van der Waals surface area contributed by atoms with Crippen LogP contribution in [0, 0.1) is 6.92 Å². The molecule has 3 aromatic heterocycles. The van der Waals surface area contributed by atoms with E-state index in [-0.39, 0.29) is 12.6 Å². The fraction of sp³-hybridized carbons (Fsp3) is 0.318. The third-order valence-corrected chi connectivity index (χ3v) is 5.51. The van der Waals surface area contributed by atoms with Crippen molar-refractivity contribution >= 4 is 28.4 Å². The number of likely N-dealkylation sites (N-methyl/N-ethyl adjacent to an activating group) is 1. The molecule has 10 heteroatoms. The van der Waals surface area contributed by atoms with Crippen LogP contribution >= 0.6 is 0 Å². The van der Waals surface area contributed by atoms with Gasteiger partial charge in [-0.25, -0.2) is 0 Å². The zero-order valence-corrected chi connectivity index (χ0v) is 18.1. The highest BCUT2D eigenvalue weighted by molar-refractivity contribution is 5.81. The first-order chi connectivity index (χ1) is 15.6. The minimum absolute atomic E-state index is 0.111. The molecule has 10 nitrogen and oxygen atoms in total. The standard InChI is InChI=1S/C22H26N8O2/c1-14-9-15-10-17(3-4-18(15)23-14)32-22-25-19(24-20-11-16(13-31)27-28-20)12-21(26-22)30-7-5-29(2)6-8-30/h3-4,9-12,23,31H,5-8,13H2,1-2H3,(H2,24,25,26,27,28). The molecule has 4 heterocycles. The molecule has 1 aliphatic rings. The Bertz CT molecular complexity index is 1230. The molecule has 4 N–H and O–H groups in total. The number of fused-ring (bicyclic) bond motifs is 1. The molecule has 1 saturated heterocycles. The second-order valence-corrected chi connectivity index (χ2v) is 8.05. The van der Waals surface area contributed by atoms with E-state index < -0.39 is 0 Å². The molecule has 1 aliphatic heterocycles. The molecule has 0 aliphatic carbocycles. The van der Waals surface area contributed by atoms with E-state index in [1.165, 1.54) is 0 Å². The van der Waals surface area contributed by atoms with Gasteiger partial charge in [0, 0.05) is 54.9 Å². The largest absolute Gasteiger partial charge is 0.424 e. The molecule has 166 valence electrons. The summed E-state index contributed by atoms with van der Waals surface area (Å²) < 4.78 is 6.07. The Labute approximate surface area is 185 Å². The van der Waals surface area contributed by atoms with Crippen LogP contribution in [0.3, 0.4) is 0 Å². The van der Waals surface area contributed by atoms with Crippen molar-refractivity contribution in [3.05, 3.63) is 47.8 Å². The number of hydrogen-bond acceptors (Lipinski definition) is 8. The van der Waals surface area contributed by atoms with Crippen LogP contribution in [0.5, 0.6) is 11.8 Å². The summed E-state index contributed by atoms with van der Waals surface area (Å²) in [7, 11) is 2.12. The number of aromatic amines is 2. The third-order valence-electron chi connectivity index (χ3n) is 5.51. The van der Waals surface area contributed by atoms with Crippen molar-refractivity contribution in [2.45, 2.75) is 13.5 Å². The molecule has 0 bridgehead atoms. The quantitative estimate of drug-likeness (QED) is 0.366. The van der Waals surface area contributed by atoms with E-state index in [1.807, 2.05) is 31.2 Å². The van der Waals surface area contributed by atoms with E-state index in [0.717, 1.165) is 48.6 Å². The lowest BCUT2D eigenvalue weighted by molar-refractivity contribution is 0.276. The van der Waals surface area contributed by atoms with Crippen molar-refractivity contribution in [2.24, 2.45) is 0 Å². The maximum Gasteiger partial charge on any atom is 0.325 e. The van der Waals surface area contributed by atoms with Gasteiger partial charge in [0.05, 0.1) is 12.3 Å². The highest BCUT2D eigenvalue weighted by Crippen LogP contribution is 2.28. The fourth-order valence-electron chi connectivity index (χ4n) is 3.78. The summed E-state index contributed by atoms with van der Waals surface area (Å²) in [6.07, 6.45) is 0. The van der Waals surface area contributed by atoms with E-state index in [0.29, 0.717) is 23.1 Å². The average Bonchev–Trinajstić information content (AvgIpc) is 3.39. The van der Waals surface area contributed by atoms with Crippen molar-refractivity contribution in [3.8, 4) is 11.8 Å². The molecular weight excluding hydrogens is 408 g/mol. The molecule has 0 radical (unpaired) electrons. The van der Waals surface area contributed by atoms with E-state index in [2.05, 4.69) is 53.4 Å². The molecule has 0 amide bonds. The molecule has 1 aromatic carbocycles. The Kier molecular flexibility index (Phi) is 5.38. The number of benzene rings is 1. The van der Waals surface area contributed by atoms with Gasteiger partial charge >= 0.3 is 6.01 Å². The van der Waals surface area contributed by atoms with Crippen LogP contribution in [-0.2, 0) is 6.61 Å². The minimum Gasteiger partial charge on any atom is -0.424 e. The summed E-state index contributed by atoms with van der Waals surface area (Å²) in [5.41, 5.74) is 2.77. The predicted octanol–water partition coefficient (Wildman–Crippen LogP) is 2.77. The normalized spacial score (nSPS) is 14.8. The van der Waals surface area contributed by atoms with Gasteiger partial charge in [0.2, 0.25) is 0 Å². The summed E-state index contributed by atoms with van der Waals surface area (Å²) >= 11 is 0. The van der Waals surface area contributed by atoms with E-state index >= 15 is 0 Å². The van der Waals surface area contributed by atoms with Crippen LogP contribution in [0.15, 0.2) is 36.4 Å². The Morgan fingerprint density at radius 1 is 1.06 bits per heavy atom. The molecule has 0 atom stereocenters. The van der Waals surface area contributed by atoms with Gasteiger partial charge in [-0.05, 0) is 38.2 Å². The highest BCUT2D eigenvalue weighted by atomic mass is 16.5. The van der Waals surface area contributed by atoms with Crippen LogP contribution in [0.25, 0.3) is 10.9 Å². The van der Waals surface area contributed by atoms with E-state index in [9.17, 15) is 5.11 Å². The number of anilines is 3. The number of hydrogen-bond donors (Lipinski definition) is 4. The van der Waals surface area contributed by atoms with Gasteiger partial charge in [-0.15, -0.1) is 0 Å². The predicted molar refractivity (Wildman–Crippen MR) is 123 cm³/mol. The summed E-state index contributed by atoms with van der Waals surface area (Å²) in [5, 5.41) is 20.5. The molecule has 1 fully saturated rings. The van der Waals surface area contributed by atoms with Crippen LogP contribution in [-0.4, -0.2) is 68.4 Å². The van der Waals surface area contributed by atoms with Crippen molar-refractivity contribution in [3.63, 3.8) is 0 Å². The van der Waals surface area contributed by atoms with E-state index in [4.69, 9.17) is 4.74 Å². The average molecular weight is 435 g/mol. The molecular formula is C22H26N8O2. The minimum atomic E-state index is -0.111. The first-order valence-corrected chi connectivity index (χ1v) is 10.6. The number of ether oxygens (including phenoxy) is 1. The smallest absolute Gasteiger partial charge is 0.325 e. The number of piperazine rings is 1. The monoisotopic (exact) mass is 434 g/mol. The number of rotatable bonds is 6. The number of aryl methyl sites for hydroxylation is 1. The van der Waals surface area contributed by atoms with Gasteiger partial charge in [-0.1, -0.05) is 0 Å². The fourth-order valence-corrected chi connectivity index (χ4v) is 3.78. The maximum atomic E-state index is 9.28. The number of nitrogens with one attached hydrogen (secondary N) is 3. The van der Waals surface area contributed by atoms with E-state index in [1.54, 1.807) is 6.07 Å². The van der Waals surface area contributed by atoms with Crippen molar-refractivity contribution in [2.75, 3.05) is 43.4 Å². The van der Waals surface area contributed by atoms with Gasteiger partial charge in [-0.2, -0.15) is 15.1 Å². The van der Waals surface area contributed by atoms with Crippen LogP contribution < -0.4 is 15.0 Å². The molecule has 0 saturated carbocycles. The summed E-state index contributed by atoms with van der Waals surface area (Å²) in [5.74, 6) is 2.59. The first-order valence-electron chi connectivity index (χ1n) is 10.6. The lowest BCUT2D eigenvalue weighted by Crippen LogP contribution is -2.44. The van der Waals surface area contributed by atoms with Gasteiger partial charge in [-0.3, -0.25) is 5.10 Å². The van der Waals surface area contributed by atoms with Crippen molar-refractivity contribution in [1.29, 1.82) is 0 Å². The molecule has 0 spiro atoms. The number of aliphatic hydroxyl groups excluding tert-OH is 1.